The molecule has 0 unspecified atom stereocenters. The van der Waals surface area contributed by atoms with Gasteiger partial charge < -0.3 is 10.6 Å². The molecule has 0 aliphatic heterocycles. The fraction of sp³-hybridized carbons (Fsp3) is 0.190. The van der Waals surface area contributed by atoms with Crippen LogP contribution in [-0.2, 0) is 0 Å². The molecule has 2 aromatic carbocycles. The number of hydrogen-bond donors (Lipinski definition) is 2. The summed E-state index contributed by atoms with van der Waals surface area (Å²) in [5.41, 5.74) is 1.55. The van der Waals surface area contributed by atoms with E-state index < -0.39 is 0 Å². The van der Waals surface area contributed by atoms with Gasteiger partial charge in [0.25, 0.3) is 0 Å². The highest BCUT2D eigenvalue weighted by Gasteiger charge is 2.20. The summed E-state index contributed by atoms with van der Waals surface area (Å²) in [6.07, 6.45) is 4.73. The number of pyridine rings is 1. The van der Waals surface area contributed by atoms with Crippen LogP contribution >= 0.6 is 11.8 Å². The summed E-state index contributed by atoms with van der Waals surface area (Å²) in [7, 11) is 0. The minimum Gasteiger partial charge on any atom is -0.328 e. The summed E-state index contributed by atoms with van der Waals surface area (Å²) in [5.74, 6) is 1.64. The maximum atomic E-state index is 12.8. The van der Waals surface area contributed by atoms with Gasteiger partial charge in [0.15, 0.2) is 11.5 Å². The van der Waals surface area contributed by atoms with Crippen molar-refractivity contribution >= 4 is 39.9 Å². The normalized spacial score (nSPS) is 12.2. The summed E-state index contributed by atoms with van der Waals surface area (Å²) < 4.78 is 1.92. The zero-order valence-corrected chi connectivity index (χ0v) is 16.3. The lowest BCUT2D eigenvalue weighted by Gasteiger charge is -2.18. The number of amides is 2. The van der Waals surface area contributed by atoms with E-state index in [1.807, 2.05) is 71.3 Å². The lowest BCUT2D eigenvalue weighted by molar-refractivity contribution is 0.247. The monoisotopic (exact) mass is 391 g/mol. The number of urea groups is 1. The van der Waals surface area contributed by atoms with E-state index in [0.29, 0.717) is 0 Å². The highest BCUT2D eigenvalue weighted by atomic mass is 32.2. The third-order valence-electron chi connectivity index (χ3n) is 4.61. The Balaban J connectivity index is 1.57. The van der Waals surface area contributed by atoms with E-state index in [1.165, 1.54) is 0 Å². The van der Waals surface area contributed by atoms with Crippen LogP contribution in [0, 0.1) is 0 Å². The summed E-state index contributed by atoms with van der Waals surface area (Å²) >= 11 is 1.74. The first-order valence-corrected chi connectivity index (χ1v) is 10.5. The van der Waals surface area contributed by atoms with Gasteiger partial charge in [-0.2, -0.15) is 11.8 Å². The van der Waals surface area contributed by atoms with Gasteiger partial charge in [0.05, 0.1) is 11.7 Å². The van der Waals surface area contributed by atoms with Crippen LogP contribution in [0.4, 0.5) is 10.5 Å². The first kappa shape index (κ1) is 18.3. The van der Waals surface area contributed by atoms with Gasteiger partial charge in [0.1, 0.15) is 0 Å². The van der Waals surface area contributed by atoms with Gasteiger partial charge in [-0.1, -0.05) is 42.5 Å². The molecule has 0 aliphatic rings. The van der Waals surface area contributed by atoms with E-state index in [2.05, 4.69) is 27.1 Å². The van der Waals surface area contributed by atoms with E-state index in [9.17, 15) is 4.79 Å². The van der Waals surface area contributed by atoms with Crippen molar-refractivity contribution in [2.45, 2.75) is 12.5 Å². The lowest BCUT2D eigenvalue weighted by Crippen LogP contribution is -2.34. The molecule has 2 N–H and O–H groups in total. The van der Waals surface area contributed by atoms with Crippen LogP contribution in [0.25, 0.3) is 16.4 Å². The average Bonchev–Trinajstić information content (AvgIpc) is 3.15. The zero-order valence-electron chi connectivity index (χ0n) is 15.5. The Kier molecular flexibility index (Phi) is 5.43. The first-order valence-electron chi connectivity index (χ1n) is 9.10. The highest BCUT2D eigenvalue weighted by molar-refractivity contribution is 7.98. The second-order valence-electron chi connectivity index (χ2n) is 6.45. The van der Waals surface area contributed by atoms with E-state index in [-0.39, 0.29) is 12.1 Å². The Morgan fingerprint density at radius 1 is 1.07 bits per heavy atom. The van der Waals surface area contributed by atoms with Crippen molar-refractivity contribution in [2.24, 2.45) is 0 Å². The minimum atomic E-state index is -0.255. The number of thioether (sulfide) groups is 1. The number of rotatable bonds is 6. The van der Waals surface area contributed by atoms with Gasteiger partial charge in [0, 0.05) is 11.6 Å². The molecule has 0 saturated heterocycles. The molecule has 4 aromatic rings. The van der Waals surface area contributed by atoms with E-state index >= 15 is 0 Å². The van der Waals surface area contributed by atoms with Crippen molar-refractivity contribution in [3.63, 3.8) is 0 Å². The third-order valence-corrected chi connectivity index (χ3v) is 5.25. The molecule has 0 radical (unpaired) electrons. The molecule has 1 atom stereocenters. The number of nitrogens with one attached hydrogen (secondary N) is 2. The van der Waals surface area contributed by atoms with Crippen molar-refractivity contribution in [3.05, 3.63) is 72.7 Å². The van der Waals surface area contributed by atoms with Crippen LogP contribution in [-0.4, -0.2) is 32.6 Å². The first-order chi connectivity index (χ1) is 13.8. The molecular formula is C21H21N5OS. The van der Waals surface area contributed by atoms with Crippen LogP contribution in [0.1, 0.15) is 18.3 Å². The van der Waals surface area contributed by atoms with Crippen LogP contribution in [0.5, 0.6) is 0 Å². The fourth-order valence-corrected chi connectivity index (χ4v) is 3.72. The second-order valence-corrected chi connectivity index (χ2v) is 7.43. The number of carbonyl (C=O) groups is 1. The molecule has 0 bridgehead atoms. The summed E-state index contributed by atoms with van der Waals surface area (Å²) in [4.78, 5) is 12.8. The van der Waals surface area contributed by atoms with Crippen LogP contribution in [0.15, 0.2) is 66.9 Å². The lowest BCUT2D eigenvalue weighted by atomic mass is 10.1. The zero-order chi connectivity index (χ0) is 19.3. The number of carbonyl (C=O) groups excluding carboxylic acids is 1. The Labute approximate surface area is 167 Å². The predicted molar refractivity (Wildman–Crippen MR) is 115 cm³/mol. The standard InChI is InChI=1S/C21H21N5OS/c1-28-14-12-18(20-25-24-19-11-4-5-13-26(19)20)23-21(27)22-17-10-6-8-15-7-2-3-9-16(15)17/h2-11,13,18H,12,14H2,1H3,(H2,22,23,27)/t18-/m0/s1. The third kappa shape index (κ3) is 3.80. The maximum absolute atomic E-state index is 12.8. The van der Waals surface area contributed by atoms with E-state index in [4.69, 9.17) is 0 Å². The average molecular weight is 392 g/mol. The largest absolute Gasteiger partial charge is 0.328 e. The van der Waals surface area contributed by atoms with Gasteiger partial charge in [-0.3, -0.25) is 4.40 Å². The molecule has 0 fully saturated rings. The van der Waals surface area contributed by atoms with Crippen LogP contribution < -0.4 is 10.6 Å². The molecule has 142 valence electrons. The van der Waals surface area contributed by atoms with Crippen LogP contribution in [0.2, 0.25) is 0 Å². The van der Waals surface area contributed by atoms with Gasteiger partial charge in [-0.25, -0.2) is 4.79 Å². The van der Waals surface area contributed by atoms with E-state index in [0.717, 1.165) is 40.1 Å². The van der Waals surface area contributed by atoms with Crippen molar-refractivity contribution in [2.75, 3.05) is 17.3 Å². The summed E-state index contributed by atoms with van der Waals surface area (Å²) in [6.45, 7) is 0. The highest BCUT2D eigenvalue weighted by Crippen LogP contribution is 2.23. The molecule has 2 aromatic heterocycles. The Morgan fingerprint density at radius 2 is 1.89 bits per heavy atom. The van der Waals surface area contributed by atoms with E-state index in [1.54, 1.807) is 11.8 Å². The number of benzene rings is 2. The van der Waals surface area contributed by atoms with Crippen molar-refractivity contribution < 1.29 is 4.79 Å². The predicted octanol–water partition coefficient (Wildman–Crippen LogP) is 4.50. The molecule has 7 heteroatoms. The second kappa shape index (κ2) is 8.31. The fourth-order valence-electron chi connectivity index (χ4n) is 3.25. The number of fused-ring (bicyclic) bond motifs is 2. The number of hydrogen-bond acceptors (Lipinski definition) is 4. The maximum Gasteiger partial charge on any atom is 0.319 e. The molecule has 2 heterocycles. The molecule has 0 saturated carbocycles. The number of nitrogens with zero attached hydrogens (tertiary/aromatic N) is 3. The number of aromatic nitrogens is 3. The van der Waals surface area contributed by atoms with Gasteiger partial charge >= 0.3 is 6.03 Å². The van der Waals surface area contributed by atoms with Crippen molar-refractivity contribution in [1.29, 1.82) is 0 Å². The van der Waals surface area contributed by atoms with Gasteiger partial charge in [-0.05, 0) is 42.0 Å². The molecule has 4 rings (SSSR count). The Morgan fingerprint density at radius 3 is 2.79 bits per heavy atom. The number of anilines is 1. The molecule has 28 heavy (non-hydrogen) atoms. The molecule has 6 nitrogen and oxygen atoms in total. The summed E-state index contributed by atoms with van der Waals surface area (Å²) in [5, 5.41) is 16.7. The van der Waals surface area contributed by atoms with Crippen molar-refractivity contribution in [1.82, 2.24) is 19.9 Å². The van der Waals surface area contributed by atoms with Crippen molar-refractivity contribution in [3.8, 4) is 0 Å². The molecule has 0 aliphatic carbocycles. The topological polar surface area (TPSA) is 71.3 Å². The smallest absolute Gasteiger partial charge is 0.319 e. The van der Waals surface area contributed by atoms with Crippen LogP contribution in [0.3, 0.4) is 0 Å². The van der Waals surface area contributed by atoms with Gasteiger partial charge in [0.2, 0.25) is 0 Å². The summed E-state index contributed by atoms with van der Waals surface area (Å²) in [6, 6.07) is 19.1. The van der Waals surface area contributed by atoms with Gasteiger partial charge in [-0.15, -0.1) is 10.2 Å². The Hall–Kier alpha value is -3.06. The Bertz CT molecular complexity index is 1100. The molecule has 2 amide bonds. The quantitative estimate of drug-likeness (QED) is 0.508. The molecular weight excluding hydrogens is 370 g/mol. The SMILES string of the molecule is CSCC[C@H](NC(=O)Nc1cccc2ccccc12)c1nnc2ccccn12. The molecule has 0 spiro atoms. The minimum absolute atomic E-state index is 0.236.